The van der Waals surface area contributed by atoms with Crippen LogP contribution in [0.1, 0.15) is 42.1 Å². The maximum atomic E-state index is 11.8. The van der Waals surface area contributed by atoms with Crippen molar-refractivity contribution in [2.75, 3.05) is 6.54 Å². The highest BCUT2D eigenvalue weighted by Gasteiger charge is 2.23. The first-order valence-corrected chi connectivity index (χ1v) is 7.06. The molecule has 0 bridgehead atoms. The average molecular weight is 272 g/mol. The summed E-state index contributed by atoms with van der Waals surface area (Å²) in [4.78, 5) is 23.2. The Bertz CT molecular complexity index is 502. The van der Waals surface area contributed by atoms with Crippen LogP contribution in [0.3, 0.4) is 0 Å². The van der Waals surface area contributed by atoms with Crippen LogP contribution >= 0.6 is 0 Å². The Morgan fingerprint density at radius 3 is 2.55 bits per heavy atom. The zero-order valence-corrected chi connectivity index (χ0v) is 11.7. The van der Waals surface area contributed by atoms with Gasteiger partial charge in [0.1, 0.15) is 0 Å². The van der Waals surface area contributed by atoms with E-state index in [1.54, 1.807) is 18.2 Å². The predicted octanol–water partition coefficient (Wildman–Crippen LogP) is 2.12. The van der Waals surface area contributed by atoms with Crippen molar-refractivity contribution >= 4 is 17.9 Å². The highest BCUT2D eigenvalue weighted by atomic mass is 16.2. The summed E-state index contributed by atoms with van der Waals surface area (Å²) in [5.41, 5.74) is 1.56. The van der Waals surface area contributed by atoms with Gasteiger partial charge in [-0.3, -0.25) is 9.59 Å². The summed E-state index contributed by atoms with van der Waals surface area (Å²) in [6.45, 7) is 2.69. The maximum Gasteiger partial charge on any atom is 0.251 e. The molecule has 4 nitrogen and oxygen atoms in total. The Morgan fingerprint density at radius 2 is 1.95 bits per heavy atom. The maximum absolute atomic E-state index is 11.8. The Kier molecular flexibility index (Phi) is 4.93. The quantitative estimate of drug-likeness (QED) is 0.779. The zero-order chi connectivity index (χ0) is 14.4. The van der Waals surface area contributed by atoms with Gasteiger partial charge in [-0.25, -0.2) is 0 Å². The summed E-state index contributed by atoms with van der Waals surface area (Å²) in [6, 6.07) is 7.60. The fraction of sp³-hybridized carbons (Fsp3) is 0.375. The van der Waals surface area contributed by atoms with E-state index >= 15 is 0 Å². The minimum atomic E-state index is -0.0950. The summed E-state index contributed by atoms with van der Waals surface area (Å²) in [5.74, 6) is -0.119. The van der Waals surface area contributed by atoms with Crippen LogP contribution in [0.2, 0.25) is 0 Å². The zero-order valence-electron chi connectivity index (χ0n) is 11.7. The number of nitrogens with one attached hydrogen (secondary N) is 2. The van der Waals surface area contributed by atoms with Gasteiger partial charge in [0.25, 0.3) is 5.91 Å². The molecular formula is C16H20N2O2. The monoisotopic (exact) mass is 272 g/mol. The van der Waals surface area contributed by atoms with Gasteiger partial charge in [0, 0.05) is 24.2 Å². The van der Waals surface area contributed by atoms with E-state index in [0.29, 0.717) is 18.2 Å². The molecule has 1 fully saturated rings. The first kappa shape index (κ1) is 14.3. The largest absolute Gasteiger partial charge is 0.353 e. The molecule has 0 unspecified atom stereocenters. The molecule has 2 N–H and O–H groups in total. The summed E-state index contributed by atoms with van der Waals surface area (Å²) >= 11 is 0. The van der Waals surface area contributed by atoms with Crippen molar-refractivity contribution < 1.29 is 9.59 Å². The second-order valence-electron chi connectivity index (χ2n) is 4.99. The predicted molar refractivity (Wildman–Crippen MR) is 79.3 cm³/mol. The van der Waals surface area contributed by atoms with E-state index in [9.17, 15) is 9.59 Å². The number of hydrogen-bond donors (Lipinski definition) is 2. The summed E-state index contributed by atoms with van der Waals surface area (Å²) in [5, 5.41) is 5.71. The van der Waals surface area contributed by atoms with E-state index in [2.05, 4.69) is 10.6 Å². The fourth-order valence-electron chi connectivity index (χ4n) is 1.72. The molecule has 0 atom stereocenters. The molecule has 0 aliphatic heterocycles. The molecule has 0 heterocycles. The summed E-state index contributed by atoms with van der Waals surface area (Å²) < 4.78 is 0. The van der Waals surface area contributed by atoms with Crippen molar-refractivity contribution in [1.29, 1.82) is 0 Å². The second kappa shape index (κ2) is 6.89. The van der Waals surface area contributed by atoms with Gasteiger partial charge in [-0.05, 0) is 43.0 Å². The van der Waals surface area contributed by atoms with Crippen LogP contribution in [0, 0.1) is 0 Å². The minimum Gasteiger partial charge on any atom is -0.353 e. The van der Waals surface area contributed by atoms with E-state index < -0.39 is 0 Å². The molecular weight excluding hydrogens is 252 g/mol. The molecule has 106 valence electrons. The third-order valence-electron chi connectivity index (χ3n) is 3.06. The van der Waals surface area contributed by atoms with Crippen LogP contribution in [0.4, 0.5) is 0 Å². The van der Waals surface area contributed by atoms with Crippen molar-refractivity contribution in [3.8, 4) is 0 Å². The molecule has 2 rings (SSSR count). The van der Waals surface area contributed by atoms with Crippen molar-refractivity contribution in [3.05, 3.63) is 41.5 Å². The SMILES string of the molecule is CCCNC(=O)C=Cc1ccc(C(=O)NC2CC2)cc1. The van der Waals surface area contributed by atoms with Crippen molar-refractivity contribution in [3.63, 3.8) is 0 Å². The van der Waals surface area contributed by atoms with Gasteiger partial charge in [0.15, 0.2) is 0 Å². The Morgan fingerprint density at radius 1 is 1.25 bits per heavy atom. The van der Waals surface area contributed by atoms with Crippen LogP contribution in [0.5, 0.6) is 0 Å². The van der Waals surface area contributed by atoms with Crippen molar-refractivity contribution in [2.24, 2.45) is 0 Å². The number of amides is 2. The number of carbonyl (C=O) groups is 2. The number of carbonyl (C=O) groups excluding carboxylic acids is 2. The lowest BCUT2D eigenvalue weighted by Crippen LogP contribution is -2.25. The molecule has 2 amide bonds. The summed E-state index contributed by atoms with van der Waals surface area (Å²) in [7, 11) is 0. The lowest BCUT2D eigenvalue weighted by molar-refractivity contribution is -0.116. The molecule has 0 aromatic heterocycles. The second-order valence-corrected chi connectivity index (χ2v) is 4.99. The Labute approximate surface area is 119 Å². The number of benzene rings is 1. The highest BCUT2D eigenvalue weighted by molar-refractivity contribution is 5.95. The van der Waals surface area contributed by atoms with Crippen LogP contribution < -0.4 is 10.6 Å². The van der Waals surface area contributed by atoms with Crippen molar-refractivity contribution in [1.82, 2.24) is 10.6 Å². The number of rotatable bonds is 6. The average Bonchev–Trinajstić information content (AvgIpc) is 3.27. The number of hydrogen-bond acceptors (Lipinski definition) is 2. The molecule has 0 radical (unpaired) electrons. The molecule has 1 aliphatic carbocycles. The van der Waals surface area contributed by atoms with Crippen LogP contribution in [0.25, 0.3) is 6.08 Å². The van der Waals surface area contributed by atoms with Crippen LogP contribution in [-0.2, 0) is 4.79 Å². The lowest BCUT2D eigenvalue weighted by Gasteiger charge is -2.03. The highest BCUT2D eigenvalue weighted by Crippen LogP contribution is 2.19. The molecule has 1 aromatic carbocycles. The Hall–Kier alpha value is -2.10. The van der Waals surface area contributed by atoms with Gasteiger partial charge in [-0.2, -0.15) is 0 Å². The molecule has 20 heavy (non-hydrogen) atoms. The van der Waals surface area contributed by atoms with Gasteiger partial charge < -0.3 is 10.6 Å². The van der Waals surface area contributed by atoms with Gasteiger partial charge in [0.05, 0.1) is 0 Å². The van der Waals surface area contributed by atoms with E-state index in [1.165, 1.54) is 6.08 Å². The third kappa shape index (κ3) is 4.53. The standard InChI is InChI=1S/C16H20N2O2/c1-2-11-17-15(19)10-5-12-3-6-13(7-4-12)16(20)18-14-8-9-14/h3-7,10,14H,2,8-9,11H2,1H3,(H,17,19)(H,18,20). The molecule has 1 saturated carbocycles. The van der Waals surface area contributed by atoms with Crippen LogP contribution in [-0.4, -0.2) is 24.4 Å². The molecule has 0 spiro atoms. The van der Waals surface area contributed by atoms with Gasteiger partial charge in [0.2, 0.25) is 5.91 Å². The first-order chi connectivity index (χ1) is 9.69. The van der Waals surface area contributed by atoms with E-state index in [-0.39, 0.29) is 11.8 Å². The minimum absolute atomic E-state index is 0.0243. The topological polar surface area (TPSA) is 58.2 Å². The lowest BCUT2D eigenvalue weighted by atomic mass is 10.1. The molecule has 1 aliphatic rings. The van der Waals surface area contributed by atoms with Gasteiger partial charge in [-0.15, -0.1) is 0 Å². The molecule has 4 heteroatoms. The van der Waals surface area contributed by atoms with Crippen molar-refractivity contribution in [2.45, 2.75) is 32.2 Å². The smallest absolute Gasteiger partial charge is 0.251 e. The van der Waals surface area contributed by atoms with E-state index in [4.69, 9.17) is 0 Å². The molecule has 0 saturated heterocycles. The Balaban J connectivity index is 1.88. The summed E-state index contributed by atoms with van der Waals surface area (Å²) in [6.07, 6.45) is 6.34. The first-order valence-electron chi connectivity index (χ1n) is 7.06. The molecule has 1 aromatic rings. The fourth-order valence-corrected chi connectivity index (χ4v) is 1.72. The van der Waals surface area contributed by atoms with E-state index in [0.717, 1.165) is 24.8 Å². The normalized spacial score (nSPS) is 14.2. The van der Waals surface area contributed by atoms with Crippen LogP contribution in [0.15, 0.2) is 30.3 Å². The van der Waals surface area contributed by atoms with Gasteiger partial charge in [-0.1, -0.05) is 19.1 Å². The van der Waals surface area contributed by atoms with Gasteiger partial charge >= 0.3 is 0 Å². The third-order valence-corrected chi connectivity index (χ3v) is 3.06. The van der Waals surface area contributed by atoms with E-state index in [1.807, 2.05) is 19.1 Å².